The van der Waals surface area contributed by atoms with Crippen LogP contribution in [-0.4, -0.2) is 90.5 Å². The molecule has 0 aliphatic rings. The zero-order valence-electron chi connectivity index (χ0n) is 19.9. The Morgan fingerprint density at radius 2 is 1.31 bits per heavy atom. The second kappa shape index (κ2) is 18.1. The predicted octanol–water partition coefficient (Wildman–Crippen LogP) is -3.66. The number of guanidine groups is 2. The van der Waals surface area contributed by atoms with E-state index in [2.05, 4.69) is 25.9 Å². The predicted molar refractivity (Wildman–Crippen MR) is 135 cm³/mol. The van der Waals surface area contributed by atoms with Gasteiger partial charge in [-0.05, 0) is 44.1 Å². The summed E-state index contributed by atoms with van der Waals surface area (Å²) in [5.41, 5.74) is 27.1. The fraction of sp³-hybridized carbons (Fsp3) is 0.684. The zero-order chi connectivity index (χ0) is 26.8. The van der Waals surface area contributed by atoms with Gasteiger partial charge in [-0.1, -0.05) is 0 Å². The van der Waals surface area contributed by atoms with Crippen LogP contribution in [0.4, 0.5) is 0 Å². The van der Waals surface area contributed by atoms with Crippen LogP contribution in [-0.2, 0) is 19.2 Å². The molecule has 14 N–H and O–H groups in total. The van der Waals surface area contributed by atoms with Crippen molar-refractivity contribution in [3.8, 4) is 0 Å². The lowest BCUT2D eigenvalue weighted by Crippen LogP contribution is -2.56. The van der Waals surface area contributed by atoms with Gasteiger partial charge in [0.05, 0.1) is 6.04 Å². The van der Waals surface area contributed by atoms with Crippen LogP contribution in [0.25, 0.3) is 0 Å². The molecule has 0 aliphatic carbocycles. The van der Waals surface area contributed by atoms with Crippen LogP contribution in [0.3, 0.4) is 0 Å². The monoisotopic (exact) mass is 518 g/mol. The van der Waals surface area contributed by atoms with Gasteiger partial charge in [-0.2, -0.15) is 11.8 Å². The minimum atomic E-state index is -1.24. The van der Waals surface area contributed by atoms with Gasteiger partial charge in [-0.3, -0.25) is 29.2 Å². The molecule has 0 fully saturated rings. The van der Waals surface area contributed by atoms with Gasteiger partial charge < -0.3 is 49.7 Å². The highest BCUT2D eigenvalue weighted by molar-refractivity contribution is 7.98. The van der Waals surface area contributed by atoms with E-state index in [1.54, 1.807) is 0 Å². The van der Waals surface area contributed by atoms with Crippen molar-refractivity contribution in [1.29, 1.82) is 0 Å². The Morgan fingerprint density at radius 1 is 0.829 bits per heavy atom. The molecular weight excluding hydrogens is 480 g/mol. The molecule has 0 heterocycles. The van der Waals surface area contributed by atoms with Crippen molar-refractivity contribution in [2.45, 2.75) is 50.2 Å². The van der Waals surface area contributed by atoms with Crippen LogP contribution in [0.15, 0.2) is 9.98 Å². The molecule has 35 heavy (non-hydrogen) atoms. The molecule has 0 aromatic heterocycles. The number of rotatable bonds is 18. The van der Waals surface area contributed by atoms with Gasteiger partial charge in [0, 0.05) is 13.1 Å². The summed E-state index contributed by atoms with van der Waals surface area (Å²) in [6, 6.07) is -2.92. The SMILES string of the molecule is CSCCC(N)C(=O)NC(CCCN=C(N)N)C(=O)NC(CCCN=C(N)N)C(=O)NCC(=O)O. The summed E-state index contributed by atoms with van der Waals surface area (Å²) in [5, 5.41) is 16.2. The molecule has 3 unspecified atom stereocenters. The molecule has 0 spiro atoms. The summed E-state index contributed by atoms with van der Waals surface area (Å²) in [6.07, 6.45) is 3.27. The number of hydrogen-bond donors (Lipinski definition) is 9. The number of carboxylic acid groups (broad SMARTS) is 1. The number of aliphatic imine (C=N–C) groups is 2. The molecule has 3 atom stereocenters. The summed E-state index contributed by atoms with van der Waals surface area (Å²) < 4.78 is 0. The lowest BCUT2D eigenvalue weighted by Gasteiger charge is -2.24. The molecule has 15 nitrogen and oxygen atoms in total. The van der Waals surface area contributed by atoms with Gasteiger partial charge >= 0.3 is 5.97 Å². The summed E-state index contributed by atoms with van der Waals surface area (Å²) in [5.74, 6) is -2.66. The van der Waals surface area contributed by atoms with Crippen molar-refractivity contribution in [3.63, 3.8) is 0 Å². The number of amides is 3. The molecule has 0 aromatic rings. The van der Waals surface area contributed by atoms with Crippen LogP contribution in [0, 0.1) is 0 Å². The van der Waals surface area contributed by atoms with Crippen LogP contribution in [0.2, 0.25) is 0 Å². The average Bonchev–Trinajstić information content (AvgIpc) is 2.78. The van der Waals surface area contributed by atoms with Crippen LogP contribution >= 0.6 is 11.8 Å². The largest absolute Gasteiger partial charge is 0.480 e. The van der Waals surface area contributed by atoms with Crippen molar-refractivity contribution < 1.29 is 24.3 Å². The number of nitrogens with zero attached hydrogens (tertiary/aromatic N) is 2. The van der Waals surface area contributed by atoms with Gasteiger partial charge in [0.1, 0.15) is 18.6 Å². The number of carbonyl (C=O) groups is 4. The van der Waals surface area contributed by atoms with E-state index < -0.39 is 48.4 Å². The molecule has 0 aliphatic heterocycles. The maximum Gasteiger partial charge on any atom is 0.322 e. The number of carboxylic acids is 1. The molecule has 0 saturated carbocycles. The van der Waals surface area contributed by atoms with Crippen molar-refractivity contribution in [2.24, 2.45) is 38.7 Å². The molecule has 0 rings (SSSR count). The Hall–Kier alpha value is -3.27. The fourth-order valence-electron chi connectivity index (χ4n) is 2.76. The number of aliphatic carboxylic acids is 1. The van der Waals surface area contributed by atoms with E-state index in [1.165, 1.54) is 11.8 Å². The second-order valence-electron chi connectivity index (χ2n) is 7.52. The van der Waals surface area contributed by atoms with Gasteiger partial charge in [-0.25, -0.2) is 0 Å². The first-order chi connectivity index (χ1) is 16.5. The molecule has 3 amide bonds. The number of nitrogens with two attached hydrogens (primary N) is 5. The van der Waals surface area contributed by atoms with Crippen LogP contribution < -0.4 is 44.6 Å². The topological polar surface area (TPSA) is 279 Å². The van der Waals surface area contributed by atoms with E-state index in [1.807, 2.05) is 6.26 Å². The summed E-state index contributed by atoms with van der Waals surface area (Å²) >= 11 is 1.53. The molecular formula is C19H38N10O5S. The molecule has 16 heteroatoms. The highest BCUT2D eigenvalue weighted by atomic mass is 32.2. The van der Waals surface area contributed by atoms with Gasteiger partial charge in [0.25, 0.3) is 0 Å². The third kappa shape index (κ3) is 16.1. The molecule has 0 radical (unpaired) electrons. The number of hydrogen-bond acceptors (Lipinski definition) is 8. The second-order valence-corrected chi connectivity index (χ2v) is 8.51. The van der Waals surface area contributed by atoms with Crippen LogP contribution in [0.5, 0.6) is 0 Å². The van der Waals surface area contributed by atoms with E-state index >= 15 is 0 Å². The van der Waals surface area contributed by atoms with Gasteiger partial charge in [0.2, 0.25) is 17.7 Å². The van der Waals surface area contributed by atoms with Gasteiger partial charge in [0.15, 0.2) is 11.9 Å². The van der Waals surface area contributed by atoms with Crippen molar-refractivity contribution in [1.82, 2.24) is 16.0 Å². The first kappa shape index (κ1) is 31.7. The minimum absolute atomic E-state index is 0.106. The normalized spacial score (nSPS) is 13.0. The van der Waals surface area contributed by atoms with E-state index in [-0.39, 0.29) is 37.9 Å². The highest BCUT2D eigenvalue weighted by Gasteiger charge is 2.28. The first-order valence-electron chi connectivity index (χ1n) is 10.9. The van der Waals surface area contributed by atoms with Crippen molar-refractivity contribution >= 4 is 47.4 Å². The average molecular weight is 519 g/mol. The number of nitrogens with one attached hydrogen (secondary N) is 3. The van der Waals surface area contributed by atoms with E-state index in [9.17, 15) is 19.2 Å². The van der Waals surface area contributed by atoms with Gasteiger partial charge in [-0.15, -0.1) is 0 Å². The Labute approximate surface area is 208 Å². The zero-order valence-corrected chi connectivity index (χ0v) is 20.7. The minimum Gasteiger partial charge on any atom is -0.480 e. The Kier molecular flexibility index (Phi) is 16.4. The molecule has 200 valence electrons. The Morgan fingerprint density at radius 3 is 1.77 bits per heavy atom. The third-order valence-corrected chi connectivity index (χ3v) is 5.18. The fourth-order valence-corrected chi connectivity index (χ4v) is 3.25. The molecule has 0 bridgehead atoms. The number of thioether (sulfide) groups is 1. The van der Waals surface area contributed by atoms with Crippen LogP contribution in [0.1, 0.15) is 32.1 Å². The van der Waals surface area contributed by atoms with E-state index in [0.717, 1.165) is 0 Å². The standard InChI is InChI=1S/C19H38N10O5S/c1-35-9-6-11(20)15(32)28-13(5-3-8-26-19(23)24)17(34)29-12(4-2-7-25-18(21)22)16(33)27-10-14(30)31/h11-13H,2-10,20H2,1H3,(H,27,33)(H,28,32)(H,29,34)(H,30,31)(H4,21,22,25)(H4,23,24,26). The Balaban J connectivity index is 5.41. The van der Waals surface area contributed by atoms with Crippen molar-refractivity contribution in [3.05, 3.63) is 0 Å². The third-order valence-electron chi connectivity index (χ3n) is 4.54. The lowest BCUT2D eigenvalue weighted by molar-refractivity contribution is -0.138. The van der Waals surface area contributed by atoms with E-state index in [0.29, 0.717) is 25.0 Å². The maximum atomic E-state index is 13.0. The lowest BCUT2D eigenvalue weighted by atomic mass is 10.1. The quantitative estimate of drug-likeness (QED) is 0.0484. The Bertz CT molecular complexity index is 756. The first-order valence-corrected chi connectivity index (χ1v) is 12.3. The highest BCUT2D eigenvalue weighted by Crippen LogP contribution is 2.05. The molecule has 0 aromatic carbocycles. The summed E-state index contributed by atoms with van der Waals surface area (Å²) in [4.78, 5) is 56.5. The van der Waals surface area contributed by atoms with Crippen molar-refractivity contribution in [2.75, 3.05) is 31.6 Å². The summed E-state index contributed by atoms with van der Waals surface area (Å²) in [6.45, 7) is -0.201. The maximum absolute atomic E-state index is 13.0. The number of carbonyl (C=O) groups excluding carboxylic acids is 3. The smallest absolute Gasteiger partial charge is 0.322 e. The van der Waals surface area contributed by atoms with E-state index in [4.69, 9.17) is 33.8 Å². The molecule has 0 saturated heterocycles. The summed E-state index contributed by atoms with van der Waals surface area (Å²) in [7, 11) is 0.